The van der Waals surface area contributed by atoms with Gasteiger partial charge in [0.25, 0.3) is 0 Å². The Morgan fingerprint density at radius 1 is 1.09 bits per heavy atom. The van der Waals surface area contributed by atoms with Gasteiger partial charge < -0.3 is 14.2 Å². The molecular formula is C19H34O4. The van der Waals surface area contributed by atoms with Crippen LogP contribution < -0.4 is 0 Å². The maximum Gasteiger partial charge on any atom is 0.340 e. The molecule has 1 heterocycles. The molecule has 134 valence electrons. The molecule has 4 heteroatoms. The van der Waals surface area contributed by atoms with Crippen molar-refractivity contribution in [2.75, 3.05) is 20.3 Å². The first-order valence-corrected chi connectivity index (χ1v) is 9.17. The second-order valence-electron chi connectivity index (χ2n) is 6.36. The summed E-state index contributed by atoms with van der Waals surface area (Å²) < 4.78 is 16.5. The molecule has 0 saturated heterocycles. The van der Waals surface area contributed by atoms with Crippen LogP contribution in [0.25, 0.3) is 0 Å². The third-order valence-electron chi connectivity index (χ3n) is 4.63. The van der Waals surface area contributed by atoms with Gasteiger partial charge in [0, 0.05) is 7.11 Å². The largest absolute Gasteiger partial charge is 0.494 e. The highest BCUT2D eigenvalue weighted by molar-refractivity contribution is 5.92. The molecule has 0 aromatic rings. The van der Waals surface area contributed by atoms with E-state index in [1.54, 1.807) is 7.11 Å². The fraction of sp³-hybridized carbons (Fsp3) is 0.842. The number of carbonyl (C=O) groups is 1. The average molecular weight is 326 g/mol. The standard InChI is InChI=1S/C19H34O4/c1-5-7-8-9-10-11-12-13-14-19(21-4)15-23-16(3)17(19)18(20)22-6-2/h5-15H2,1-4H3. The van der Waals surface area contributed by atoms with Gasteiger partial charge in [-0.2, -0.15) is 0 Å². The number of ether oxygens (including phenoxy) is 3. The fourth-order valence-electron chi connectivity index (χ4n) is 3.23. The Morgan fingerprint density at radius 3 is 2.26 bits per heavy atom. The van der Waals surface area contributed by atoms with Crippen LogP contribution >= 0.6 is 0 Å². The lowest BCUT2D eigenvalue weighted by Crippen LogP contribution is -2.38. The maximum atomic E-state index is 12.2. The van der Waals surface area contributed by atoms with Gasteiger partial charge in [-0.15, -0.1) is 0 Å². The highest BCUT2D eigenvalue weighted by atomic mass is 16.6. The van der Waals surface area contributed by atoms with Crippen LogP contribution in [-0.4, -0.2) is 31.9 Å². The van der Waals surface area contributed by atoms with Gasteiger partial charge in [-0.25, -0.2) is 4.79 Å². The number of allylic oxidation sites excluding steroid dienone is 1. The van der Waals surface area contributed by atoms with E-state index in [1.807, 2.05) is 13.8 Å². The van der Waals surface area contributed by atoms with Gasteiger partial charge in [0.1, 0.15) is 23.5 Å². The van der Waals surface area contributed by atoms with Crippen molar-refractivity contribution in [1.29, 1.82) is 0 Å². The zero-order valence-corrected chi connectivity index (χ0v) is 15.4. The molecule has 0 aromatic carbocycles. The molecule has 1 aliphatic heterocycles. The molecule has 0 spiro atoms. The number of carbonyl (C=O) groups excluding carboxylic acids is 1. The van der Waals surface area contributed by atoms with Crippen molar-refractivity contribution < 1.29 is 19.0 Å². The van der Waals surface area contributed by atoms with Crippen LogP contribution in [0, 0.1) is 0 Å². The molecule has 0 amide bonds. The highest BCUT2D eigenvalue weighted by Crippen LogP contribution is 2.37. The zero-order valence-electron chi connectivity index (χ0n) is 15.4. The molecule has 0 saturated carbocycles. The molecule has 0 radical (unpaired) electrons. The minimum atomic E-state index is -0.626. The van der Waals surface area contributed by atoms with E-state index in [-0.39, 0.29) is 5.97 Å². The quantitative estimate of drug-likeness (QED) is 0.383. The van der Waals surface area contributed by atoms with E-state index >= 15 is 0 Å². The maximum absolute atomic E-state index is 12.2. The first-order valence-electron chi connectivity index (χ1n) is 9.17. The summed E-state index contributed by atoms with van der Waals surface area (Å²) in [6.07, 6.45) is 10.9. The summed E-state index contributed by atoms with van der Waals surface area (Å²) >= 11 is 0. The minimum Gasteiger partial charge on any atom is -0.494 e. The smallest absolute Gasteiger partial charge is 0.340 e. The van der Waals surface area contributed by atoms with E-state index in [2.05, 4.69) is 6.92 Å². The fourth-order valence-corrected chi connectivity index (χ4v) is 3.23. The Bertz CT molecular complexity index is 389. The Hall–Kier alpha value is -1.03. The highest BCUT2D eigenvalue weighted by Gasteiger charge is 2.46. The third kappa shape index (κ3) is 5.83. The first-order chi connectivity index (χ1) is 11.1. The lowest BCUT2D eigenvalue weighted by atomic mass is 9.88. The summed E-state index contributed by atoms with van der Waals surface area (Å²) in [5, 5.41) is 0. The summed E-state index contributed by atoms with van der Waals surface area (Å²) in [6, 6.07) is 0. The number of esters is 1. The van der Waals surface area contributed by atoms with Crippen LogP contribution in [0.4, 0.5) is 0 Å². The Morgan fingerprint density at radius 2 is 1.70 bits per heavy atom. The summed E-state index contributed by atoms with van der Waals surface area (Å²) in [5.41, 5.74) is -0.0526. The molecule has 1 rings (SSSR count). The van der Waals surface area contributed by atoms with Gasteiger partial charge in [0.05, 0.1) is 6.61 Å². The van der Waals surface area contributed by atoms with Crippen molar-refractivity contribution in [3.8, 4) is 0 Å². The Labute approximate surface area is 141 Å². The van der Waals surface area contributed by atoms with Gasteiger partial charge in [-0.3, -0.25) is 0 Å². The molecule has 0 fully saturated rings. The van der Waals surface area contributed by atoms with Crippen LogP contribution in [0.1, 0.15) is 78.6 Å². The number of unbranched alkanes of at least 4 members (excludes halogenated alkanes) is 7. The van der Waals surface area contributed by atoms with Gasteiger partial charge in [0.15, 0.2) is 0 Å². The topological polar surface area (TPSA) is 44.8 Å². The van der Waals surface area contributed by atoms with Gasteiger partial charge >= 0.3 is 5.97 Å². The molecule has 1 atom stereocenters. The molecule has 0 N–H and O–H groups in total. The minimum absolute atomic E-state index is 0.302. The predicted octanol–water partition coefficient (Wildman–Crippen LogP) is 4.77. The summed E-state index contributed by atoms with van der Waals surface area (Å²) in [6.45, 7) is 6.66. The Kier molecular flexibility index (Phi) is 9.30. The van der Waals surface area contributed by atoms with Crippen molar-refractivity contribution in [1.82, 2.24) is 0 Å². The summed E-state index contributed by atoms with van der Waals surface area (Å²) in [5.74, 6) is 0.341. The van der Waals surface area contributed by atoms with Crippen LogP contribution in [0.2, 0.25) is 0 Å². The van der Waals surface area contributed by atoms with E-state index in [0.717, 1.165) is 12.8 Å². The SMILES string of the molecule is CCCCCCCCCCC1(OC)COC(C)=C1C(=O)OCC. The van der Waals surface area contributed by atoms with Crippen LogP contribution in [-0.2, 0) is 19.0 Å². The van der Waals surface area contributed by atoms with Gasteiger partial charge in [-0.05, 0) is 20.3 Å². The Balaban J connectivity index is 2.43. The average Bonchev–Trinajstić information content (AvgIpc) is 2.87. The lowest BCUT2D eigenvalue weighted by molar-refractivity contribution is -0.141. The number of rotatable bonds is 12. The number of hydrogen-bond acceptors (Lipinski definition) is 4. The molecule has 23 heavy (non-hydrogen) atoms. The normalized spacial score (nSPS) is 20.7. The van der Waals surface area contributed by atoms with E-state index in [4.69, 9.17) is 14.2 Å². The van der Waals surface area contributed by atoms with Crippen molar-refractivity contribution >= 4 is 5.97 Å². The van der Waals surface area contributed by atoms with E-state index in [1.165, 1.54) is 44.9 Å². The van der Waals surface area contributed by atoms with Crippen molar-refractivity contribution in [3.05, 3.63) is 11.3 Å². The van der Waals surface area contributed by atoms with Gasteiger partial charge in [0.2, 0.25) is 0 Å². The number of hydrogen-bond donors (Lipinski definition) is 0. The molecule has 1 unspecified atom stereocenters. The second kappa shape index (κ2) is 10.7. The molecular weight excluding hydrogens is 292 g/mol. The summed E-state index contributed by atoms with van der Waals surface area (Å²) in [4.78, 5) is 12.2. The molecule has 1 aliphatic rings. The zero-order chi connectivity index (χ0) is 17.1. The molecule has 4 nitrogen and oxygen atoms in total. The third-order valence-corrected chi connectivity index (χ3v) is 4.63. The molecule has 0 bridgehead atoms. The van der Waals surface area contributed by atoms with Crippen molar-refractivity contribution in [2.45, 2.75) is 84.2 Å². The van der Waals surface area contributed by atoms with Gasteiger partial charge in [-0.1, -0.05) is 58.3 Å². The van der Waals surface area contributed by atoms with Crippen molar-refractivity contribution in [3.63, 3.8) is 0 Å². The van der Waals surface area contributed by atoms with E-state index < -0.39 is 5.60 Å². The van der Waals surface area contributed by atoms with Crippen molar-refractivity contribution in [2.24, 2.45) is 0 Å². The molecule has 0 aromatic heterocycles. The predicted molar refractivity (Wildman–Crippen MR) is 92.3 cm³/mol. The van der Waals surface area contributed by atoms with E-state index in [0.29, 0.717) is 24.5 Å². The second-order valence-corrected chi connectivity index (χ2v) is 6.36. The number of methoxy groups -OCH3 is 1. The lowest BCUT2D eigenvalue weighted by Gasteiger charge is -2.27. The van der Waals surface area contributed by atoms with Crippen LogP contribution in [0.15, 0.2) is 11.3 Å². The first kappa shape index (κ1) is 20.0. The summed E-state index contributed by atoms with van der Waals surface area (Å²) in [7, 11) is 1.66. The monoisotopic (exact) mass is 326 g/mol. The van der Waals surface area contributed by atoms with Crippen LogP contribution in [0.5, 0.6) is 0 Å². The molecule has 0 aliphatic carbocycles. The van der Waals surface area contributed by atoms with E-state index in [9.17, 15) is 4.79 Å². The van der Waals surface area contributed by atoms with Crippen LogP contribution in [0.3, 0.4) is 0 Å².